The first-order chi connectivity index (χ1) is 19.4. The van der Waals surface area contributed by atoms with Gasteiger partial charge in [-0.1, -0.05) is 90.5 Å². The summed E-state index contributed by atoms with van der Waals surface area (Å²) in [6.45, 7) is 6.38. The average molecular weight is 581 g/mol. The second-order valence-electron chi connectivity index (χ2n) is 9.75. The van der Waals surface area contributed by atoms with E-state index in [4.69, 9.17) is 37.4 Å². The molecule has 3 aromatic rings. The SMILES string of the molecule is C=CN=CN(C)CC1(c2ccc(Cl)cc2Cl)OCC(COc2ccc(CN(C)C/C=C/c3ccccc3)cc2)O1. The molecule has 0 amide bonds. The van der Waals surface area contributed by atoms with Crippen molar-refractivity contribution in [2.24, 2.45) is 4.99 Å². The number of aliphatic imine (C=N–C) groups is 1. The third-order valence-corrected chi connectivity index (χ3v) is 6.91. The molecular weight excluding hydrogens is 545 g/mol. The summed E-state index contributed by atoms with van der Waals surface area (Å²) in [5.74, 6) is -0.322. The normalized spacial score (nSPS) is 19.1. The van der Waals surface area contributed by atoms with E-state index >= 15 is 0 Å². The van der Waals surface area contributed by atoms with Crippen molar-refractivity contribution in [3.8, 4) is 5.75 Å². The van der Waals surface area contributed by atoms with Gasteiger partial charge in [0.05, 0.1) is 24.5 Å². The van der Waals surface area contributed by atoms with Gasteiger partial charge in [-0.2, -0.15) is 0 Å². The molecule has 40 heavy (non-hydrogen) atoms. The number of ether oxygens (including phenoxy) is 3. The molecule has 1 aliphatic rings. The van der Waals surface area contributed by atoms with Crippen molar-refractivity contribution in [1.82, 2.24) is 9.80 Å². The summed E-state index contributed by atoms with van der Waals surface area (Å²) >= 11 is 12.7. The van der Waals surface area contributed by atoms with Crippen LogP contribution in [0, 0.1) is 0 Å². The predicted molar refractivity (Wildman–Crippen MR) is 164 cm³/mol. The summed E-state index contributed by atoms with van der Waals surface area (Å²) in [5, 5.41) is 1.01. The maximum atomic E-state index is 6.56. The Kier molecular flexibility index (Phi) is 10.8. The lowest BCUT2D eigenvalue weighted by molar-refractivity contribution is -0.184. The standard InChI is InChI=1S/C32H35Cl2N3O3/c1-4-35-24-37(3)23-32(30-17-14-27(33)19-31(30)34)39-22-29(40-32)21-38-28-15-12-26(13-16-28)20-36(2)18-8-11-25-9-6-5-7-10-25/h4-17,19,24,29H,1,18,20-23H2,2-3H3/b11-8+,35-24?. The summed E-state index contributed by atoms with van der Waals surface area (Å²) in [6.07, 6.45) is 7.16. The Morgan fingerprint density at radius 1 is 1.07 bits per heavy atom. The number of nitrogens with zero attached hydrogens (tertiary/aromatic N) is 3. The highest BCUT2D eigenvalue weighted by atomic mass is 35.5. The first-order valence-corrected chi connectivity index (χ1v) is 13.9. The second-order valence-corrected chi connectivity index (χ2v) is 10.6. The molecule has 0 N–H and O–H groups in total. The minimum absolute atomic E-state index is 0.293. The molecule has 1 heterocycles. The molecule has 0 spiro atoms. The van der Waals surface area contributed by atoms with E-state index in [1.54, 1.807) is 18.5 Å². The number of hydrogen-bond acceptors (Lipinski definition) is 5. The molecule has 2 atom stereocenters. The van der Waals surface area contributed by atoms with Crippen molar-refractivity contribution in [3.05, 3.63) is 118 Å². The van der Waals surface area contributed by atoms with E-state index in [9.17, 15) is 0 Å². The van der Waals surface area contributed by atoms with Crippen LogP contribution in [0.2, 0.25) is 10.0 Å². The fraction of sp³-hybridized carbons (Fsp3) is 0.281. The number of rotatable bonds is 13. The van der Waals surface area contributed by atoms with Crippen molar-refractivity contribution in [2.45, 2.75) is 18.4 Å². The summed E-state index contributed by atoms with van der Waals surface area (Å²) in [6, 6.07) is 23.8. The largest absolute Gasteiger partial charge is 0.491 e. The van der Waals surface area contributed by atoms with Crippen LogP contribution < -0.4 is 4.74 Å². The minimum Gasteiger partial charge on any atom is -0.491 e. The van der Waals surface area contributed by atoms with Crippen LogP contribution in [0.3, 0.4) is 0 Å². The fourth-order valence-corrected chi connectivity index (χ4v) is 5.03. The zero-order valence-electron chi connectivity index (χ0n) is 22.9. The van der Waals surface area contributed by atoms with Gasteiger partial charge in [0, 0.05) is 36.9 Å². The first kappa shape index (κ1) is 29.8. The topological polar surface area (TPSA) is 46.5 Å². The van der Waals surface area contributed by atoms with Crippen molar-refractivity contribution in [2.75, 3.05) is 40.4 Å². The smallest absolute Gasteiger partial charge is 0.215 e. The van der Waals surface area contributed by atoms with Gasteiger partial charge in [-0.15, -0.1) is 0 Å². The highest BCUT2D eigenvalue weighted by molar-refractivity contribution is 6.35. The number of likely N-dealkylation sites (N-methyl/N-ethyl adjacent to an activating group) is 2. The van der Waals surface area contributed by atoms with Crippen LogP contribution >= 0.6 is 23.2 Å². The van der Waals surface area contributed by atoms with E-state index in [0.29, 0.717) is 35.4 Å². The van der Waals surface area contributed by atoms with Crippen LogP contribution in [0.25, 0.3) is 6.08 Å². The van der Waals surface area contributed by atoms with Gasteiger partial charge < -0.3 is 19.1 Å². The molecule has 210 valence electrons. The molecule has 0 radical (unpaired) electrons. The van der Waals surface area contributed by atoms with Crippen molar-refractivity contribution in [3.63, 3.8) is 0 Å². The van der Waals surface area contributed by atoms with Crippen LogP contribution in [-0.2, 0) is 21.8 Å². The minimum atomic E-state index is -1.10. The molecule has 0 saturated carbocycles. The van der Waals surface area contributed by atoms with Gasteiger partial charge >= 0.3 is 0 Å². The van der Waals surface area contributed by atoms with E-state index in [1.807, 2.05) is 48.3 Å². The predicted octanol–water partition coefficient (Wildman–Crippen LogP) is 6.89. The number of hydrogen-bond donors (Lipinski definition) is 0. The molecular formula is C32H35Cl2N3O3. The highest BCUT2D eigenvalue weighted by Crippen LogP contribution is 2.39. The molecule has 1 saturated heterocycles. The van der Waals surface area contributed by atoms with Crippen LogP contribution in [-0.4, -0.2) is 62.6 Å². The summed E-state index contributed by atoms with van der Waals surface area (Å²) in [7, 11) is 3.99. The van der Waals surface area contributed by atoms with Crippen LogP contribution in [0.1, 0.15) is 16.7 Å². The lowest BCUT2D eigenvalue weighted by Gasteiger charge is -2.32. The van der Waals surface area contributed by atoms with E-state index < -0.39 is 5.79 Å². The lowest BCUT2D eigenvalue weighted by Crippen LogP contribution is -2.41. The third-order valence-electron chi connectivity index (χ3n) is 6.37. The molecule has 0 bridgehead atoms. The Morgan fingerprint density at radius 2 is 1.85 bits per heavy atom. The molecule has 2 unspecified atom stereocenters. The Bertz CT molecular complexity index is 1300. The Balaban J connectivity index is 1.32. The number of benzene rings is 3. The molecule has 1 aliphatic heterocycles. The monoisotopic (exact) mass is 579 g/mol. The average Bonchev–Trinajstić information content (AvgIpc) is 3.35. The van der Waals surface area contributed by atoms with Gasteiger partial charge in [0.15, 0.2) is 0 Å². The van der Waals surface area contributed by atoms with Crippen molar-refractivity contribution in [1.29, 1.82) is 0 Å². The molecule has 8 heteroatoms. The maximum absolute atomic E-state index is 6.56. The molecule has 0 aliphatic carbocycles. The van der Waals surface area contributed by atoms with E-state index in [1.165, 1.54) is 17.3 Å². The van der Waals surface area contributed by atoms with Crippen LogP contribution in [0.4, 0.5) is 0 Å². The fourth-order valence-electron chi connectivity index (χ4n) is 4.47. The zero-order chi connectivity index (χ0) is 28.4. The molecule has 3 aromatic carbocycles. The van der Waals surface area contributed by atoms with Gasteiger partial charge in [-0.05, 0) is 42.4 Å². The van der Waals surface area contributed by atoms with Gasteiger partial charge in [-0.3, -0.25) is 4.90 Å². The third kappa shape index (κ3) is 8.43. The van der Waals surface area contributed by atoms with Gasteiger partial charge in [0.1, 0.15) is 18.5 Å². The van der Waals surface area contributed by atoms with Crippen molar-refractivity contribution >= 4 is 35.6 Å². The Labute approximate surface area is 247 Å². The Morgan fingerprint density at radius 3 is 2.58 bits per heavy atom. The summed E-state index contributed by atoms with van der Waals surface area (Å²) in [5.41, 5.74) is 3.12. The maximum Gasteiger partial charge on any atom is 0.215 e. The zero-order valence-corrected chi connectivity index (χ0v) is 24.4. The molecule has 0 aromatic heterocycles. The van der Waals surface area contributed by atoms with Crippen LogP contribution in [0.15, 0.2) is 96.6 Å². The lowest BCUT2D eigenvalue weighted by atomic mass is 10.1. The first-order valence-electron chi connectivity index (χ1n) is 13.1. The van der Waals surface area contributed by atoms with E-state index in [2.05, 4.69) is 59.9 Å². The Hall–Kier alpha value is -3.13. The molecule has 4 rings (SSSR count). The summed E-state index contributed by atoms with van der Waals surface area (Å²) < 4.78 is 18.8. The van der Waals surface area contributed by atoms with Crippen molar-refractivity contribution < 1.29 is 14.2 Å². The quantitative estimate of drug-likeness (QED) is 0.163. The van der Waals surface area contributed by atoms with Gasteiger partial charge in [-0.25, -0.2) is 4.99 Å². The summed E-state index contributed by atoms with van der Waals surface area (Å²) in [4.78, 5) is 8.22. The van der Waals surface area contributed by atoms with Crippen LogP contribution in [0.5, 0.6) is 5.75 Å². The number of halogens is 2. The van der Waals surface area contributed by atoms with E-state index in [0.717, 1.165) is 18.8 Å². The second kappa shape index (κ2) is 14.5. The molecule has 1 fully saturated rings. The van der Waals surface area contributed by atoms with Gasteiger partial charge in [0.25, 0.3) is 0 Å². The highest BCUT2D eigenvalue weighted by Gasteiger charge is 2.45. The van der Waals surface area contributed by atoms with E-state index in [-0.39, 0.29) is 6.10 Å². The molecule has 6 nitrogen and oxygen atoms in total. The van der Waals surface area contributed by atoms with Gasteiger partial charge in [0.2, 0.25) is 5.79 Å².